The smallest absolute Gasteiger partial charge is 0.191 e. The minimum absolute atomic E-state index is 0. The van der Waals surface area contributed by atoms with Gasteiger partial charge >= 0.3 is 0 Å². The fourth-order valence-corrected chi connectivity index (χ4v) is 4.09. The number of hydrogen-bond acceptors (Lipinski definition) is 6. The van der Waals surface area contributed by atoms with E-state index in [1.165, 1.54) is 5.00 Å². The van der Waals surface area contributed by atoms with Crippen molar-refractivity contribution in [1.82, 2.24) is 25.4 Å². The number of rotatable bonds is 9. The first-order chi connectivity index (χ1) is 14.2. The normalized spacial score (nSPS) is 15.2. The van der Waals surface area contributed by atoms with E-state index in [4.69, 9.17) is 9.73 Å². The van der Waals surface area contributed by atoms with Crippen LogP contribution < -0.4 is 15.5 Å². The van der Waals surface area contributed by atoms with Gasteiger partial charge in [-0.15, -0.1) is 45.5 Å². The quantitative estimate of drug-likeness (QED) is 0.218. The standard InChI is InChI=1S/C20H33N7OS.HI/c1-4-28-13-6-10-21-20(22-15-18-25-24-16(2)26(18)3)23-17-8-11-27(12-9-17)19-7-5-14-29-19;/h5,7,14,17H,4,6,8-13,15H2,1-3H3,(H2,21,22,23);1H. The molecule has 3 rings (SSSR count). The van der Waals surface area contributed by atoms with Crippen LogP contribution >= 0.6 is 35.3 Å². The average molecular weight is 548 g/mol. The van der Waals surface area contributed by atoms with Gasteiger partial charge in [0.25, 0.3) is 0 Å². The monoisotopic (exact) mass is 547 g/mol. The highest BCUT2D eigenvalue weighted by molar-refractivity contribution is 14.0. The molecule has 30 heavy (non-hydrogen) atoms. The Kier molecular flexibility index (Phi) is 10.9. The molecular weight excluding hydrogens is 513 g/mol. The lowest BCUT2D eigenvalue weighted by atomic mass is 10.1. The summed E-state index contributed by atoms with van der Waals surface area (Å²) in [7, 11) is 1.98. The lowest BCUT2D eigenvalue weighted by Gasteiger charge is -2.33. The minimum Gasteiger partial charge on any atom is -0.382 e. The summed E-state index contributed by atoms with van der Waals surface area (Å²) in [5.41, 5.74) is 0. The molecule has 1 aliphatic rings. The average Bonchev–Trinajstić information content (AvgIpc) is 3.38. The van der Waals surface area contributed by atoms with Gasteiger partial charge in [-0.2, -0.15) is 0 Å². The zero-order valence-corrected chi connectivity index (χ0v) is 21.3. The molecule has 0 amide bonds. The van der Waals surface area contributed by atoms with Gasteiger partial charge in [-0.25, -0.2) is 4.99 Å². The molecule has 10 heteroatoms. The number of halogens is 1. The van der Waals surface area contributed by atoms with E-state index in [0.717, 1.165) is 69.7 Å². The van der Waals surface area contributed by atoms with Crippen molar-refractivity contribution in [2.45, 2.75) is 45.7 Å². The summed E-state index contributed by atoms with van der Waals surface area (Å²) in [6.45, 7) is 8.96. The number of aromatic nitrogens is 3. The second-order valence-corrected chi connectivity index (χ2v) is 8.15. The predicted molar refractivity (Wildman–Crippen MR) is 134 cm³/mol. The maximum atomic E-state index is 5.43. The predicted octanol–water partition coefficient (Wildman–Crippen LogP) is 2.93. The van der Waals surface area contributed by atoms with Crippen molar-refractivity contribution in [1.29, 1.82) is 0 Å². The Hall–Kier alpha value is -1.40. The van der Waals surface area contributed by atoms with Gasteiger partial charge in [0.05, 0.1) is 5.00 Å². The highest BCUT2D eigenvalue weighted by Crippen LogP contribution is 2.24. The van der Waals surface area contributed by atoms with E-state index in [1.807, 2.05) is 36.8 Å². The number of nitrogens with one attached hydrogen (secondary N) is 2. The van der Waals surface area contributed by atoms with Crippen molar-refractivity contribution in [3.63, 3.8) is 0 Å². The molecule has 0 unspecified atom stereocenters. The van der Waals surface area contributed by atoms with Crippen LogP contribution in [0.4, 0.5) is 5.00 Å². The number of piperidine rings is 1. The molecule has 168 valence electrons. The molecule has 1 aliphatic heterocycles. The minimum atomic E-state index is 0. The number of hydrogen-bond donors (Lipinski definition) is 2. The van der Waals surface area contributed by atoms with Crippen molar-refractivity contribution in [2.75, 3.05) is 37.7 Å². The Bertz CT molecular complexity index is 757. The summed E-state index contributed by atoms with van der Waals surface area (Å²) in [6.07, 6.45) is 3.15. The van der Waals surface area contributed by atoms with Gasteiger partial charge < -0.3 is 24.8 Å². The molecule has 1 fully saturated rings. The summed E-state index contributed by atoms with van der Waals surface area (Å²) in [4.78, 5) is 7.24. The van der Waals surface area contributed by atoms with Crippen LogP contribution in [0.25, 0.3) is 0 Å². The molecule has 2 N–H and O–H groups in total. The molecule has 0 aliphatic carbocycles. The van der Waals surface area contributed by atoms with E-state index in [-0.39, 0.29) is 24.0 Å². The first kappa shape index (κ1) is 24.9. The van der Waals surface area contributed by atoms with Gasteiger partial charge in [0.1, 0.15) is 12.4 Å². The van der Waals surface area contributed by atoms with Crippen LogP contribution in [-0.4, -0.2) is 59.6 Å². The van der Waals surface area contributed by atoms with E-state index in [1.54, 1.807) is 0 Å². The van der Waals surface area contributed by atoms with E-state index < -0.39 is 0 Å². The maximum Gasteiger partial charge on any atom is 0.191 e. The Labute approximate surface area is 200 Å². The molecule has 0 spiro atoms. The van der Waals surface area contributed by atoms with Gasteiger partial charge in [-0.3, -0.25) is 0 Å². The first-order valence-corrected chi connectivity index (χ1v) is 11.3. The summed E-state index contributed by atoms with van der Waals surface area (Å²) in [6, 6.07) is 4.74. The summed E-state index contributed by atoms with van der Waals surface area (Å²) in [5, 5.41) is 18.9. The Balaban J connectivity index is 0.00000320. The molecule has 3 heterocycles. The zero-order chi connectivity index (χ0) is 20.5. The lowest BCUT2D eigenvalue weighted by molar-refractivity contribution is 0.145. The summed E-state index contributed by atoms with van der Waals surface area (Å²) in [5.74, 6) is 2.61. The van der Waals surface area contributed by atoms with Crippen LogP contribution in [0.5, 0.6) is 0 Å². The fraction of sp³-hybridized carbons (Fsp3) is 0.650. The van der Waals surface area contributed by atoms with Crippen molar-refractivity contribution >= 4 is 46.3 Å². The summed E-state index contributed by atoms with van der Waals surface area (Å²) < 4.78 is 7.42. The van der Waals surface area contributed by atoms with Crippen LogP contribution in [0.2, 0.25) is 0 Å². The number of aryl methyl sites for hydroxylation is 1. The van der Waals surface area contributed by atoms with E-state index in [2.05, 4.69) is 43.2 Å². The topological polar surface area (TPSA) is 79.6 Å². The van der Waals surface area contributed by atoms with Crippen LogP contribution in [-0.2, 0) is 18.3 Å². The number of ether oxygens (including phenoxy) is 1. The summed E-state index contributed by atoms with van der Waals surface area (Å²) >= 11 is 1.81. The second kappa shape index (κ2) is 13.1. The largest absolute Gasteiger partial charge is 0.382 e. The van der Waals surface area contributed by atoms with Crippen LogP contribution in [0.1, 0.15) is 37.8 Å². The Morgan fingerprint density at radius 2 is 2.13 bits per heavy atom. The molecule has 2 aromatic rings. The second-order valence-electron chi connectivity index (χ2n) is 7.22. The van der Waals surface area contributed by atoms with Gasteiger partial charge in [0.15, 0.2) is 11.8 Å². The Morgan fingerprint density at radius 3 is 2.77 bits per heavy atom. The maximum absolute atomic E-state index is 5.43. The number of anilines is 1. The van der Waals surface area contributed by atoms with Crippen molar-refractivity contribution in [2.24, 2.45) is 12.0 Å². The van der Waals surface area contributed by atoms with E-state index in [9.17, 15) is 0 Å². The highest BCUT2D eigenvalue weighted by Gasteiger charge is 2.20. The SMILES string of the molecule is CCOCCCNC(=NCc1nnc(C)n1C)NC1CCN(c2cccs2)CC1.I. The Morgan fingerprint density at radius 1 is 1.33 bits per heavy atom. The van der Waals surface area contributed by atoms with Crippen LogP contribution in [0.3, 0.4) is 0 Å². The van der Waals surface area contributed by atoms with E-state index >= 15 is 0 Å². The molecule has 0 bridgehead atoms. The third kappa shape index (κ3) is 7.38. The van der Waals surface area contributed by atoms with Crippen LogP contribution in [0.15, 0.2) is 22.5 Å². The molecule has 2 aromatic heterocycles. The molecule has 0 radical (unpaired) electrons. The van der Waals surface area contributed by atoms with Crippen LogP contribution in [0, 0.1) is 6.92 Å². The van der Waals surface area contributed by atoms with Crippen molar-refractivity contribution in [3.05, 3.63) is 29.2 Å². The van der Waals surface area contributed by atoms with Gasteiger partial charge in [-0.05, 0) is 50.6 Å². The molecular formula is C20H34IN7OS. The molecule has 8 nitrogen and oxygen atoms in total. The molecule has 1 saturated heterocycles. The number of nitrogens with zero attached hydrogens (tertiary/aromatic N) is 5. The first-order valence-electron chi connectivity index (χ1n) is 10.4. The van der Waals surface area contributed by atoms with Gasteiger partial charge in [0, 0.05) is 45.9 Å². The number of thiophene rings is 1. The third-order valence-electron chi connectivity index (χ3n) is 5.18. The fourth-order valence-electron chi connectivity index (χ4n) is 3.30. The highest BCUT2D eigenvalue weighted by atomic mass is 127. The van der Waals surface area contributed by atoms with Crippen molar-refractivity contribution in [3.8, 4) is 0 Å². The number of guanidine groups is 1. The zero-order valence-electron chi connectivity index (χ0n) is 18.1. The molecule has 0 aromatic carbocycles. The lowest BCUT2D eigenvalue weighted by Crippen LogP contribution is -2.49. The van der Waals surface area contributed by atoms with Crippen molar-refractivity contribution < 1.29 is 4.74 Å². The third-order valence-corrected chi connectivity index (χ3v) is 6.11. The van der Waals surface area contributed by atoms with Gasteiger partial charge in [0.2, 0.25) is 0 Å². The van der Waals surface area contributed by atoms with Gasteiger partial charge in [-0.1, -0.05) is 0 Å². The molecule has 0 saturated carbocycles. The number of aliphatic imine (C=N–C) groups is 1. The van der Waals surface area contributed by atoms with E-state index in [0.29, 0.717) is 12.6 Å². The molecule has 0 atom stereocenters.